The van der Waals surface area contributed by atoms with Crippen molar-refractivity contribution in [3.05, 3.63) is 0 Å². The second-order valence-corrected chi connectivity index (χ2v) is 9.21. The molecule has 4 saturated carbocycles. The first kappa shape index (κ1) is 17.0. The summed E-state index contributed by atoms with van der Waals surface area (Å²) in [6, 6.07) is 0. The Morgan fingerprint density at radius 3 is 1.83 bits per heavy atom. The van der Waals surface area contributed by atoms with E-state index in [2.05, 4.69) is 6.92 Å². The smallest absolute Gasteiger partial charge is 0.170 e. The van der Waals surface area contributed by atoms with Crippen LogP contribution in [0, 0.1) is 52.8 Å². The van der Waals surface area contributed by atoms with Crippen LogP contribution in [0.15, 0.2) is 0 Å². The molecule has 4 rings (SSSR count). The maximum atomic E-state index is 13.2. The summed E-state index contributed by atoms with van der Waals surface area (Å²) in [7, 11) is 0. The minimum absolute atomic E-state index is 0.0894. The predicted octanol–water partition coefficient (Wildman–Crippen LogP) is 6.07. The van der Waals surface area contributed by atoms with Crippen LogP contribution in [0.4, 0.5) is 26.3 Å². The lowest BCUT2D eigenvalue weighted by Crippen LogP contribution is -2.50. The van der Waals surface area contributed by atoms with Crippen molar-refractivity contribution in [1.82, 2.24) is 0 Å². The predicted molar refractivity (Wildman–Crippen MR) is 76.9 cm³/mol. The van der Waals surface area contributed by atoms with E-state index in [0.717, 1.165) is 19.3 Å². The standard InChI is InChI=1S/C18H24F6/c1-8-3-9-5-12(8)14-10-4-11(13(6-10)15(9)14)7-16(2,17(19,20)21)18(22,23)24/h8-15H,3-7H2,1-2H3. The number of fused-ring (bicyclic) bond motifs is 9. The summed E-state index contributed by atoms with van der Waals surface area (Å²) in [6.45, 7) is 2.62. The fourth-order valence-corrected chi connectivity index (χ4v) is 7.22. The van der Waals surface area contributed by atoms with Gasteiger partial charge < -0.3 is 0 Å². The molecular formula is C18H24F6. The number of hydrogen-bond donors (Lipinski definition) is 0. The molecule has 0 heterocycles. The van der Waals surface area contributed by atoms with Crippen molar-refractivity contribution in [2.75, 3.05) is 0 Å². The van der Waals surface area contributed by atoms with Gasteiger partial charge in [0.05, 0.1) is 0 Å². The minimum atomic E-state index is -5.24. The van der Waals surface area contributed by atoms with Crippen LogP contribution in [0.25, 0.3) is 0 Å². The van der Waals surface area contributed by atoms with Gasteiger partial charge in [0, 0.05) is 0 Å². The van der Waals surface area contributed by atoms with Gasteiger partial charge in [0.2, 0.25) is 0 Å². The average Bonchev–Trinajstić information content (AvgIpc) is 3.12. The third-order valence-electron chi connectivity index (χ3n) is 8.21. The van der Waals surface area contributed by atoms with E-state index in [4.69, 9.17) is 0 Å². The van der Waals surface area contributed by atoms with Crippen molar-refractivity contribution in [3.8, 4) is 0 Å². The summed E-state index contributed by atoms with van der Waals surface area (Å²) in [5.74, 6) is 2.94. The monoisotopic (exact) mass is 354 g/mol. The topological polar surface area (TPSA) is 0 Å². The molecule has 0 nitrogen and oxygen atoms in total. The van der Waals surface area contributed by atoms with Crippen molar-refractivity contribution in [2.24, 2.45) is 52.8 Å². The zero-order chi connectivity index (χ0) is 17.7. The molecule has 0 amide bonds. The van der Waals surface area contributed by atoms with Crippen LogP contribution in [-0.4, -0.2) is 12.4 Å². The Morgan fingerprint density at radius 2 is 1.25 bits per heavy atom. The summed E-state index contributed by atoms with van der Waals surface area (Å²) in [6.07, 6.45) is -7.54. The van der Waals surface area contributed by atoms with Gasteiger partial charge in [-0.15, -0.1) is 0 Å². The van der Waals surface area contributed by atoms with Crippen LogP contribution in [-0.2, 0) is 0 Å². The molecule has 4 bridgehead atoms. The summed E-state index contributed by atoms with van der Waals surface area (Å²) >= 11 is 0. The summed E-state index contributed by atoms with van der Waals surface area (Å²) in [5, 5.41) is 0. The third kappa shape index (κ3) is 2.06. The second-order valence-electron chi connectivity index (χ2n) is 9.21. The molecule has 0 radical (unpaired) electrons. The van der Waals surface area contributed by atoms with Crippen LogP contribution in [0.5, 0.6) is 0 Å². The van der Waals surface area contributed by atoms with Gasteiger partial charge in [-0.2, -0.15) is 26.3 Å². The molecule has 6 heteroatoms. The number of hydrogen-bond acceptors (Lipinski definition) is 0. The van der Waals surface area contributed by atoms with E-state index in [0.29, 0.717) is 48.9 Å². The Hall–Kier alpha value is -0.420. The molecule has 0 spiro atoms. The van der Waals surface area contributed by atoms with Gasteiger partial charge in [-0.1, -0.05) is 6.92 Å². The Labute approximate surface area is 138 Å². The molecule has 4 aliphatic carbocycles. The molecule has 0 aliphatic heterocycles. The largest absolute Gasteiger partial charge is 0.402 e. The normalized spacial score (nSPS) is 47.5. The lowest BCUT2D eigenvalue weighted by atomic mass is 9.62. The Bertz CT molecular complexity index is 507. The molecule has 0 aromatic heterocycles. The maximum absolute atomic E-state index is 13.2. The fraction of sp³-hybridized carbons (Fsp3) is 1.00. The molecule has 0 aromatic rings. The zero-order valence-corrected chi connectivity index (χ0v) is 13.9. The molecular weight excluding hydrogens is 330 g/mol. The van der Waals surface area contributed by atoms with Crippen molar-refractivity contribution in [2.45, 2.75) is 58.3 Å². The minimum Gasteiger partial charge on any atom is -0.170 e. The van der Waals surface area contributed by atoms with Gasteiger partial charge in [-0.3, -0.25) is 0 Å². The summed E-state index contributed by atoms with van der Waals surface area (Å²) < 4.78 is 79.5. The number of alkyl halides is 6. The van der Waals surface area contributed by atoms with Crippen molar-refractivity contribution >= 4 is 0 Å². The fourth-order valence-electron chi connectivity index (χ4n) is 7.22. The molecule has 4 aliphatic rings. The maximum Gasteiger partial charge on any atom is 0.402 e. The van der Waals surface area contributed by atoms with E-state index in [9.17, 15) is 26.3 Å². The van der Waals surface area contributed by atoms with E-state index in [-0.39, 0.29) is 5.92 Å². The Balaban J connectivity index is 1.56. The zero-order valence-electron chi connectivity index (χ0n) is 13.9. The van der Waals surface area contributed by atoms with Crippen LogP contribution in [0.2, 0.25) is 0 Å². The first-order chi connectivity index (χ1) is 10.9. The molecule has 8 unspecified atom stereocenters. The Kier molecular flexibility index (Phi) is 3.44. The van der Waals surface area contributed by atoms with Gasteiger partial charge in [0.15, 0.2) is 5.41 Å². The molecule has 4 fully saturated rings. The summed E-state index contributed by atoms with van der Waals surface area (Å²) in [4.78, 5) is 0. The first-order valence-electron chi connectivity index (χ1n) is 9.07. The average molecular weight is 354 g/mol. The van der Waals surface area contributed by atoms with E-state index < -0.39 is 30.1 Å². The highest BCUT2D eigenvalue weighted by Crippen LogP contribution is 2.71. The van der Waals surface area contributed by atoms with Crippen LogP contribution >= 0.6 is 0 Å². The molecule has 0 aromatic carbocycles. The second kappa shape index (κ2) is 4.85. The number of halogens is 6. The molecule has 0 saturated heterocycles. The lowest BCUT2D eigenvalue weighted by Gasteiger charge is -2.44. The first-order valence-corrected chi connectivity index (χ1v) is 9.07. The van der Waals surface area contributed by atoms with Gasteiger partial charge >= 0.3 is 12.4 Å². The molecule has 24 heavy (non-hydrogen) atoms. The van der Waals surface area contributed by atoms with Crippen molar-refractivity contribution in [1.29, 1.82) is 0 Å². The Morgan fingerprint density at radius 1 is 0.750 bits per heavy atom. The quantitative estimate of drug-likeness (QED) is 0.417. The molecule has 8 atom stereocenters. The van der Waals surface area contributed by atoms with Gasteiger partial charge in [-0.25, -0.2) is 0 Å². The van der Waals surface area contributed by atoms with Crippen molar-refractivity contribution in [3.63, 3.8) is 0 Å². The van der Waals surface area contributed by atoms with Gasteiger partial charge in [-0.05, 0) is 86.4 Å². The highest BCUT2D eigenvalue weighted by Gasteiger charge is 2.70. The van der Waals surface area contributed by atoms with Crippen LogP contribution < -0.4 is 0 Å². The molecule has 138 valence electrons. The van der Waals surface area contributed by atoms with E-state index >= 15 is 0 Å². The van der Waals surface area contributed by atoms with Crippen LogP contribution in [0.3, 0.4) is 0 Å². The summed E-state index contributed by atoms with van der Waals surface area (Å²) in [5.41, 5.74) is -3.57. The van der Waals surface area contributed by atoms with Crippen molar-refractivity contribution < 1.29 is 26.3 Å². The van der Waals surface area contributed by atoms with E-state index in [1.54, 1.807) is 0 Å². The van der Waals surface area contributed by atoms with E-state index in [1.807, 2.05) is 0 Å². The third-order valence-corrected chi connectivity index (χ3v) is 8.21. The highest BCUT2D eigenvalue weighted by molar-refractivity contribution is 5.13. The van der Waals surface area contributed by atoms with E-state index in [1.165, 1.54) is 0 Å². The van der Waals surface area contributed by atoms with Crippen LogP contribution in [0.1, 0.15) is 46.0 Å². The highest BCUT2D eigenvalue weighted by atomic mass is 19.4. The number of rotatable bonds is 2. The SMILES string of the molecule is CC1CC2CC1C1C3CC(CC(C)(C(F)(F)F)C(F)(F)F)C(C3)C21. The van der Waals surface area contributed by atoms with Gasteiger partial charge in [0.25, 0.3) is 0 Å². The molecule has 0 N–H and O–H groups in total. The lowest BCUT2D eigenvalue weighted by molar-refractivity contribution is -0.340. The van der Waals surface area contributed by atoms with Gasteiger partial charge in [0.1, 0.15) is 0 Å².